The molecular formula is C16H20N2O2. The number of aryl methyl sites for hydroxylation is 1. The van der Waals surface area contributed by atoms with Gasteiger partial charge in [-0.1, -0.05) is 6.07 Å². The van der Waals surface area contributed by atoms with Crippen LogP contribution in [0.3, 0.4) is 0 Å². The number of methoxy groups -OCH3 is 2. The van der Waals surface area contributed by atoms with Crippen LogP contribution in [0.4, 0.5) is 0 Å². The van der Waals surface area contributed by atoms with Gasteiger partial charge in [0.25, 0.3) is 0 Å². The van der Waals surface area contributed by atoms with Crippen LogP contribution in [0, 0.1) is 6.92 Å². The summed E-state index contributed by atoms with van der Waals surface area (Å²) < 4.78 is 10.5. The lowest BCUT2D eigenvalue weighted by Crippen LogP contribution is -2.14. The number of rotatable bonds is 6. The lowest BCUT2D eigenvalue weighted by molar-refractivity contribution is 0.393. The van der Waals surface area contributed by atoms with Gasteiger partial charge in [0.15, 0.2) is 0 Å². The summed E-state index contributed by atoms with van der Waals surface area (Å²) >= 11 is 0. The first-order valence-corrected chi connectivity index (χ1v) is 6.56. The lowest BCUT2D eigenvalue weighted by atomic mass is 10.2. The Morgan fingerprint density at radius 2 is 1.75 bits per heavy atom. The van der Waals surface area contributed by atoms with E-state index in [1.54, 1.807) is 14.2 Å². The standard InChI is InChI=1S/C16H20N2O2/c1-12-5-4-6-18-16(12)11-17-10-13-7-14(19-2)9-15(8-13)20-3/h4-9,17H,10-11H2,1-3H3. The molecule has 4 nitrogen and oxygen atoms in total. The molecule has 0 bridgehead atoms. The van der Waals surface area contributed by atoms with Gasteiger partial charge in [0.05, 0.1) is 19.9 Å². The molecule has 1 heterocycles. The van der Waals surface area contributed by atoms with E-state index in [-0.39, 0.29) is 0 Å². The SMILES string of the molecule is COc1cc(CNCc2ncccc2C)cc(OC)c1. The summed E-state index contributed by atoms with van der Waals surface area (Å²) in [6.07, 6.45) is 1.82. The average molecular weight is 272 g/mol. The van der Waals surface area contributed by atoms with Crippen LogP contribution in [0.25, 0.3) is 0 Å². The van der Waals surface area contributed by atoms with Gasteiger partial charge in [0.1, 0.15) is 11.5 Å². The summed E-state index contributed by atoms with van der Waals surface area (Å²) in [6, 6.07) is 9.89. The van der Waals surface area contributed by atoms with Gasteiger partial charge in [-0.2, -0.15) is 0 Å². The molecule has 0 fully saturated rings. The van der Waals surface area contributed by atoms with Gasteiger partial charge in [0, 0.05) is 25.4 Å². The quantitative estimate of drug-likeness (QED) is 0.878. The maximum absolute atomic E-state index is 5.26. The molecule has 0 saturated heterocycles. The Morgan fingerprint density at radius 3 is 2.35 bits per heavy atom. The Kier molecular flexibility index (Phi) is 4.96. The lowest BCUT2D eigenvalue weighted by Gasteiger charge is -2.10. The van der Waals surface area contributed by atoms with Gasteiger partial charge >= 0.3 is 0 Å². The molecule has 0 spiro atoms. The first kappa shape index (κ1) is 14.3. The molecule has 0 aliphatic carbocycles. The molecule has 0 atom stereocenters. The largest absolute Gasteiger partial charge is 0.497 e. The smallest absolute Gasteiger partial charge is 0.122 e. The van der Waals surface area contributed by atoms with E-state index in [1.165, 1.54) is 5.56 Å². The number of hydrogen-bond acceptors (Lipinski definition) is 4. The minimum Gasteiger partial charge on any atom is -0.497 e. The van der Waals surface area contributed by atoms with Crippen molar-refractivity contribution in [3.8, 4) is 11.5 Å². The van der Waals surface area contributed by atoms with Crippen molar-refractivity contribution in [2.45, 2.75) is 20.0 Å². The molecule has 1 aromatic heterocycles. The predicted octanol–water partition coefficient (Wildman–Crippen LogP) is 2.70. The van der Waals surface area contributed by atoms with Crippen molar-refractivity contribution >= 4 is 0 Å². The summed E-state index contributed by atoms with van der Waals surface area (Å²) in [5.74, 6) is 1.60. The Balaban J connectivity index is 1.99. The van der Waals surface area contributed by atoms with E-state index in [2.05, 4.69) is 23.3 Å². The van der Waals surface area contributed by atoms with Crippen molar-refractivity contribution in [3.05, 3.63) is 53.3 Å². The van der Waals surface area contributed by atoms with Crippen molar-refractivity contribution in [1.29, 1.82) is 0 Å². The Morgan fingerprint density at radius 1 is 1.05 bits per heavy atom. The highest BCUT2D eigenvalue weighted by molar-refractivity contribution is 5.38. The van der Waals surface area contributed by atoms with Gasteiger partial charge in [-0.3, -0.25) is 4.98 Å². The molecule has 4 heteroatoms. The van der Waals surface area contributed by atoms with E-state index in [0.29, 0.717) is 0 Å². The molecule has 0 amide bonds. The van der Waals surface area contributed by atoms with Crippen LogP contribution in [0.2, 0.25) is 0 Å². The predicted molar refractivity (Wildman–Crippen MR) is 79.1 cm³/mol. The summed E-state index contributed by atoms with van der Waals surface area (Å²) in [7, 11) is 3.31. The van der Waals surface area contributed by atoms with E-state index in [0.717, 1.165) is 35.8 Å². The Hall–Kier alpha value is -2.07. The minimum atomic E-state index is 0.740. The van der Waals surface area contributed by atoms with Gasteiger partial charge in [-0.05, 0) is 36.2 Å². The van der Waals surface area contributed by atoms with Crippen LogP contribution in [-0.2, 0) is 13.1 Å². The number of nitrogens with one attached hydrogen (secondary N) is 1. The number of nitrogens with zero attached hydrogens (tertiary/aromatic N) is 1. The van der Waals surface area contributed by atoms with E-state index < -0.39 is 0 Å². The highest BCUT2D eigenvalue weighted by Gasteiger charge is 2.03. The third-order valence-electron chi connectivity index (χ3n) is 3.15. The summed E-state index contributed by atoms with van der Waals surface area (Å²) in [6.45, 7) is 3.55. The van der Waals surface area contributed by atoms with Crippen LogP contribution in [0.5, 0.6) is 11.5 Å². The summed E-state index contributed by atoms with van der Waals surface area (Å²) in [5, 5.41) is 3.39. The van der Waals surface area contributed by atoms with Crippen LogP contribution in [-0.4, -0.2) is 19.2 Å². The molecule has 20 heavy (non-hydrogen) atoms. The van der Waals surface area contributed by atoms with Crippen molar-refractivity contribution in [2.75, 3.05) is 14.2 Å². The van der Waals surface area contributed by atoms with Crippen LogP contribution in [0.1, 0.15) is 16.8 Å². The summed E-state index contributed by atoms with van der Waals surface area (Å²) in [5.41, 5.74) is 3.39. The van der Waals surface area contributed by atoms with Gasteiger partial charge in [0.2, 0.25) is 0 Å². The average Bonchev–Trinajstić information content (AvgIpc) is 2.48. The number of benzene rings is 1. The minimum absolute atomic E-state index is 0.740. The van der Waals surface area contributed by atoms with Crippen LogP contribution >= 0.6 is 0 Å². The number of aromatic nitrogens is 1. The first-order chi connectivity index (χ1) is 9.72. The molecule has 0 aliphatic rings. The van der Waals surface area contributed by atoms with E-state index >= 15 is 0 Å². The fraction of sp³-hybridized carbons (Fsp3) is 0.312. The Labute approximate surface area is 119 Å². The zero-order valence-electron chi connectivity index (χ0n) is 12.1. The third-order valence-corrected chi connectivity index (χ3v) is 3.15. The molecule has 0 saturated carbocycles. The van der Waals surface area contributed by atoms with Crippen molar-refractivity contribution in [3.63, 3.8) is 0 Å². The van der Waals surface area contributed by atoms with Crippen LogP contribution in [0.15, 0.2) is 36.5 Å². The molecular weight excluding hydrogens is 252 g/mol. The first-order valence-electron chi connectivity index (χ1n) is 6.56. The second kappa shape index (κ2) is 6.91. The molecule has 106 valence electrons. The Bertz CT molecular complexity index is 548. The zero-order chi connectivity index (χ0) is 14.4. The van der Waals surface area contributed by atoms with E-state index in [4.69, 9.17) is 9.47 Å². The molecule has 2 aromatic rings. The van der Waals surface area contributed by atoms with Gasteiger partial charge in [-0.15, -0.1) is 0 Å². The molecule has 0 radical (unpaired) electrons. The van der Waals surface area contributed by atoms with Gasteiger partial charge in [-0.25, -0.2) is 0 Å². The van der Waals surface area contributed by atoms with Crippen molar-refractivity contribution in [2.24, 2.45) is 0 Å². The molecule has 2 rings (SSSR count). The maximum Gasteiger partial charge on any atom is 0.122 e. The zero-order valence-corrected chi connectivity index (χ0v) is 12.1. The second-order valence-electron chi connectivity index (χ2n) is 4.59. The van der Waals surface area contributed by atoms with Crippen LogP contribution < -0.4 is 14.8 Å². The fourth-order valence-corrected chi connectivity index (χ4v) is 2.00. The molecule has 0 unspecified atom stereocenters. The molecule has 0 aliphatic heterocycles. The van der Waals surface area contributed by atoms with Crippen molar-refractivity contribution in [1.82, 2.24) is 10.3 Å². The monoisotopic (exact) mass is 272 g/mol. The number of pyridine rings is 1. The fourth-order valence-electron chi connectivity index (χ4n) is 2.00. The van der Waals surface area contributed by atoms with Crippen molar-refractivity contribution < 1.29 is 9.47 Å². The van der Waals surface area contributed by atoms with E-state index in [9.17, 15) is 0 Å². The number of ether oxygens (including phenoxy) is 2. The maximum atomic E-state index is 5.26. The highest BCUT2D eigenvalue weighted by atomic mass is 16.5. The number of hydrogen-bond donors (Lipinski definition) is 1. The summed E-state index contributed by atoms with van der Waals surface area (Å²) in [4.78, 5) is 4.37. The second-order valence-corrected chi connectivity index (χ2v) is 4.59. The molecule has 1 N–H and O–H groups in total. The third kappa shape index (κ3) is 3.71. The van der Waals surface area contributed by atoms with Gasteiger partial charge < -0.3 is 14.8 Å². The normalized spacial score (nSPS) is 10.3. The van der Waals surface area contributed by atoms with E-state index in [1.807, 2.05) is 30.5 Å². The topological polar surface area (TPSA) is 43.4 Å². The highest BCUT2D eigenvalue weighted by Crippen LogP contribution is 2.22. The molecule has 1 aromatic carbocycles.